The van der Waals surface area contributed by atoms with E-state index in [1.807, 2.05) is 0 Å². The molecule has 2 aliphatic rings. The summed E-state index contributed by atoms with van der Waals surface area (Å²) in [5.74, 6) is 0.369. The van der Waals surface area contributed by atoms with Gasteiger partial charge in [0.25, 0.3) is 0 Å². The first-order chi connectivity index (χ1) is 7.31. The number of nitrogens with one attached hydrogen (secondary N) is 1. The van der Waals surface area contributed by atoms with Gasteiger partial charge in [-0.2, -0.15) is 0 Å². The Hall–Kier alpha value is -0.570. The first-order valence-electron chi connectivity index (χ1n) is 6.34. The highest BCUT2D eigenvalue weighted by Crippen LogP contribution is 2.28. The van der Waals surface area contributed by atoms with Crippen molar-refractivity contribution in [2.75, 3.05) is 13.1 Å². The summed E-state index contributed by atoms with van der Waals surface area (Å²) in [6, 6.07) is 1.14. The summed E-state index contributed by atoms with van der Waals surface area (Å²) in [6.45, 7) is 4.16. The molecule has 0 aromatic heterocycles. The molecular formula is C12H22N2O. The topological polar surface area (TPSA) is 32.3 Å². The molecule has 1 unspecified atom stereocenters. The van der Waals surface area contributed by atoms with Crippen molar-refractivity contribution < 1.29 is 4.79 Å². The summed E-state index contributed by atoms with van der Waals surface area (Å²) < 4.78 is 0. The molecule has 1 aliphatic carbocycles. The molecule has 1 amide bonds. The first-order valence-corrected chi connectivity index (χ1v) is 6.34. The fraction of sp³-hybridized carbons (Fsp3) is 0.917. The van der Waals surface area contributed by atoms with Crippen molar-refractivity contribution in [3.63, 3.8) is 0 Å². The second-order valence-corrected chi connectivity index (χ2v) is 4.82. The van der Waals surface area contributed by atoms with Crippen molar-refractivity contribution in [1.29, 1.82) is 0 Å². The van der Waals surface area contributed by atoms with Gasteiger partial charge >= 0.3 is 0 Å². The fourth-order valence-corrected chi connectivity index (χ4v) is 2.35. The zero-order chi connectivity index (χ0) is 10.7. The van der Waals surface area contributed by atoms with E-state index in [4.69, 9.17) is 0 Å². The summed E-state index contributed by atoms with van der Waals surface area (Å²) in [5.41, 5.74) is 0. The zero-order valence-electron chi connectivity index (χ0n) is 9.67. The molecule has 1 heterocycles. The molecule has 1 atom stereocenters. The van der Waals surface area contributed by atoms with E-state index in [0.29, 0.717) is 18.0 Å². The number of hydrogen-bond acceptors (Lipinski definition) is 2. The molecule has 0 aromatic rings. The lowest BCUT2D eigenvalue weighted by molar-refractivity contribution is -0.132. The van der Waals surface area contributed by atoms with Crippen LogP contribution in [0.4, 0.5) is 0 Å². The number of amides is 1. The Bertz CT molecular complexity index is 220. The van der Waals surface area contributed by atoms with Crippen LogP contribution in [0.25, 0.3) is 0 Å². The van der Waals surface area contributed by atoms with Crippen LogP contribution in [0, 0.1) is 0 Å². The van der Waals surface area contributed by atoms with Gasteiger partial charge in [0.05, 0.1) is 0 Å². The van der Waals surface area contributed by atoms with E-state index >= 15 is 0 Å². The van der Waals surface area contributed by atoms with E-state index in [0.717, 1.165) is 25.9 Å². The number of carbonyl (C=O) groups excluding carboxylic acids is 1. The normalized spacial score (nSPS) is 25.5. The molecule has 0 radical (unpaired) electrons. The third-order valence-corrected chi connectivity index (χ3v) is 3.35. The van der Waals surface area contributed by atoms with Crippen LogP contribution in [0.15, 0.2) is 0 Å². The molecule has 0 bridgehead atoms. The monoisotopic (exact) mass is 210 g/mol. The molecule has 1 saturated carbocycles. The van der Waals surface area contributed by atoms with Crippen LogP contribution in [0.5, 0.6) is 0 Å². The summed E-state index contributed by atoms with van der Waals surface area (Å²) in [5, 5.41) is 3.47. The van der Waals surface area contributed by atoms with E-state index < -0.39 is 0 Å². The Balaban J connectivity index is 1.84. The highest BCUT2D eigenvalue weighted by Gasteiger charge is 2.33. The molecule has 15 heavy (non-hydrogen) atoms. The maximum atomic E-state index is 11.9. The summed E-state index contributed by atoms with van der Waals surface area (Å²) in [4.78, 5) is 14.0. The molecule has 3 nitrogen and oxygen atoms in total. The number of hydrogen-bond donors (Lipinski definition) is 1. The van der Waals surface area contributed by atoms with E-state index in [1.54, 1.807) is 0 Å². The summed E-state index contributed by atoms with van der Waals surface area (Å²) >= 11 is 0. The third kappa shape index (κ3) is 2.94. The van der Waals surface area contributed by atoms with E-state index in [9.17, 15) is 4.79 Å². The van der Waals surface area contributed by atoms with Crippen molar-refractivity contribution in [2.45, 2.75) is 57.5 Å². The van der Waals surface area contributed by atoms with Gasteiger partial charge in [-0.1, -0.05) is 6.92 Å². The molecule has 86 valence electrons. The number of nitrogens with zero attached hydrogens (tertiary/aromatic N) is 1. The van der Waals surface area contributed by atoms with Gasteiger partial charge in [-0.25, -0.2) is 0 Å². The predicted molar refractivity (Wildman–Crippen MR) is 60.7 cm³/mol. The largest absolute Gasteiger partial charge is 0.338 e. The first kappa shape index (κ1) is 10.9. The molecule has 1 saturated heterocycles. The van der Waals surface area contributed by atoms with Crippen molar-refractivity contribution >= 4 is 5.91 Å². The predicted octanol–water partition coefficient (Wildman–Crippen LogP) is 1.53. The van der Waals surface area contributed by atoms with E-state index in [1.165, 1.54) is 25.7 Å². The van der Waals surface area contributed by atoms with Gasteiger partial charge in [-0.3, -0.25) is 4.79 Å². The minimum Gasteiger partial charge on any atom is -0.338 e. The standard InChI is InChI=1S/C12H22N2O/c1-2-4-12(15)14(11-6-7-11)9-10-5-3-8-13-10/h10-11,13H,2-9H2,1H3. The van der Waals surface area contributed by atoms with Gasteiger partial charge in [0.1, 0.15) is 0 Å². The van der Waals surface area contributed by atoms with Crippen LogP contribution >= 0.6 is 0 Å². The van der Waals surface area contributed by atoms with Crippen LogP contribution in [-0.2, 0) is 4.79 Å². The van der Waals surface area contributed by atoms with Crippen LogP contribution in [0.2, 0.25) is 0 Å². The van der Waals surface area contributed by atoms with Crippen LogP contribution in [0.3, 0.4) is 0 Å². The Morgan fingerprint density at radius 2 is 2.20 bits per heavy atom. The Morgan fingerprint density at radius 1 is 1.40 bits per heavy atom. The van der Waals surface area contributed by atoms with E-state index in [2.05, 4.69) is 17.1 Å². The van der Waals surface area contributed by atoms with Crippen LogP contribution < -0.4 is 5.32 Å². The van der Waals surface area contributed by atoms with Gasteiger partial charge in [-0.15, -0.1) is 0 Å². The minimum absolute atomic E-state index is 0.369. The third-order valence-electron chi connectivity index (χ3n) is 3.35. The van der Waals surface area contributed by atoms with Crippen molar-refractivity contribution in [3.05, 3.63) is 0 Å². The van der Waals surface area contributed by atoms with Crippen molar-refractivity contribution in [2.24, 2.45) is 0 Å². The molecule has 1 aliphatic heterocycles. The maximum Gasteiger partial charge on any atom is 0.222 e. The quantitative estimate of drug-likeness (QED) is 0.746. The summed E-state index contributed by atoms with van der Waals surface area (Å²) in [6.07, 6.45) is 6.65. The van der Waals surface area contributed by atoms with Crippen molar-refractivity contribution in [1.82, 2.24) is 10.2 Å². The Morgan fingerprint density at radius 3 is 2.73 bits per heavy atom. The molecule has 1 N–H and O–H groups in total. The maximum absolute atomic E-state index is 11.9. The SMILES string of the molecule is CCCC(=O)N(CC1CCCN1)C1CC1. The van der Waals surface area contributed by atoms with Gasteiger partial charge in [-0.05, 0) is 38.6 Å². The second-order valence-electron chi connectivity index (χ2n) is 4.82. The minimum atomic E-state index is 0.369. The molecular weight excluding hydrogens is 188 g/mol. The van der Waals surface area contributed by atoms with Crippen molar-refractivity contribution in [3.8, 4) is 0 Å². The molecule has 2 fully saturated rings. The highest BCUT2D eigenvalue weighted by atomic mass is 16.2. The Labute approximate surface area is 92.2 Å². The smallest absolute Gasteiger partial charge is 0.222 e. The van der Waals surface area contributed by atoms with Gasteiger partial charge in [0.15, 0.2) is 0 Å². The highest BCUT2D eigenvalue weighted by molar-refractivity contribution is 5.76. The lowest BCUT2D eigenvalue weighted by Gasteiger charge is -2.25. The molecule has 3 heteroatoms. The number of carbonyl (C=O) groups is 1. The second kappa shape index (κ2) is 4.97. The average Bonchev–Trinajstić information content (AvgIpc) is 2.93. The number of rotatable bonds is 5. The lowest BCUT2D eigenvalue weighted by atomic mass is 10.2. The lowest BCUT2D eigenvalue weighted by Crippen LogP contribution is -2.42. The van der Waals surface area contributed by atoms with E-state index in [-0.39, 0.29) is 0 Å². The molecule has 0 spiro atoms. The van der Waals surface area contributed by atoms with Gasteiger partial charge in [0, 0.05) is 25.0 Å². The Kier molecular flexibility index (Phi) is 3.62. The fourth-order valence-electron chi connectivity index (χ4n) is 2.35. The average molecular weight is 210 g/mol. The molecule has 2 rings (SSSR count). The zero-order valence-corrected chi connectivity index (χ0v) is 9.67. The summed E-state index contributed by atoms with van der Waals surface area (Å²) in [7, 11) is 0. The van der Waals surface area contributed by atoms with Gasteiger partial charge in [0.2, 0.25) is 5.91 Å². The molecule has 0 aromatic carbocycles. The van der Waals surface area contributed by atoms with Crippen LogP contribution in [0.1, 0.15) is 45.4 Å². The van der Waals surface area contributed by atoms with Gasteiger partial charge < -0.3 is 10.2 Å². The van der Waals surface area contributed by atoms with Crippen LogP contribution in [-0.4, -0.2) is 36.0 Å².